The van der Waals surface area contributed by atoms with Crippen molar-refractivity contribution in [1.82, 2.24) is 5.32 Å². The maximum Gasteiger partial charge on any atom is 0.261 e. The Morgan fingerprint density at radius 3 is 2.81 bits per heavy atom. The Labute approximate surface area is 134 Å². The minimum atomic E-state index is -0.155. The second kappa shape index (κ2) is 7.88. The minimum absolute atomic E-state index is 0.00718. The van der Waals surface area contributed by atoms with Crippen LogP contribution in [0.4, 0.5) is 0 Å². The zero-order valence-electron chi connectivity index (χ0n) is 12.4. The van der Waals surface area contributed by atoms with Gasteiger partial charge < -0.3 is 10.4 Å². The van der Waals surface area contributed by atoms with E-state index in [-0.39, 0.29) is 12.5 Å². The molecule has 1 heterocycles. The first-order valence-corrected chi connectivity index (χ1v) is 9.28. The number of rotatable bonds is 3. The fraction of sp³-hybridized carbons (Fsp3) is 0.562. The van der Waals surface area contributed by atoms with Crippen molar-refractivity contribution in [3.05, 3.63) is 21.4 Å². The molecule has 3 nitrogen and oxygen atoms in total. The van der Waals surface area contributed by atoms with Crippen LogP contribution in [0.5, 0.6) is 0 Å². The van der Waals surface area contributed by atoms with E-state index in [4.69, 9.17) is 5.11 Å². The molecule has 1 aromatic rings. The van der Waals surface area contributed by atoms with Gasteiger partial charge in [0, 0.05) is 11.3 Å². The highest BCUT2D eigenvalue weighted by Crippen LogP contribution is 2.27. The van der Waals surface area contributed by atoms with Crippen LogP contribution in [0.15, 0.2) is 6.07 Å². The number of amides is 1. The molecule has 2 rings (SSSR count). The molecule has 0 aromatic carbocycles. The maximum atomic E-state index is 12.3. The van der Waals surface area contributed by atoms with Gasteiger partial charge in [0.25, 0.3) is 5.91 Å². The Hall–Kier alpha value is -0.960. The number of thiophene rings is 1. The highest BCUT2D eigenvalue weighted by atomic mass is 32.2. The van der Waals surface area contributed by atoms with E-state index in [0.717, 1.165) is 28.5 Å². The smallest absolute Gasteiger partial charge is 0.261 e. The second-order valence-corrected chi connectivity index (χ2v) is 7.46. The van der Waals surface area contributed by atoms with E-state index in [9.17, 15) is 4.79 Å². The van der Waals surface area contributed by atoms with Crippen LogP contribution in [0.2, 0.25) is 0 Å². The van der Waals surface area contributed by atoms with Gasteiger partial charge in [0.15, 0.2) is 0 Å². The summed E-state index contributed by atoms with van der Waals surface area (Å²) >= 11 is 3.33. The van der Waals surface area contributed by atoms with E-state index >= 15 is 0 Å². The summed E-state index contributed by atoms with van der Waals surface area (Å²) < 4.78 is 0. The maximum absolute atomic E-state index is 12.3. The molecule has 0 atom stereocenters. The normalized spacial score (nSPS) is 21.5. The van der Waals surface area contributed by atoms with Crippen molar-refractivity contribution in [3.8, 4) is 11.8 Å². The van der Waals surface area contributed by atoms with Crippen molar-refractivity contribution in [3.63, 3.8) is 0 Å². The van der Waals surface area contributed by atoms with Crippen LogP contribution in [-0.2, 0) is 0 Å². The number of aliphatic hydroxyl groups is 1. The van der Waals surface area contributed by atoms with Gasteiger partial charge in [-0.25, -0.2) is 0 Å². The highest BCUT2D eigenvalue weighted by molar-refractivity contribution is 7.99. The lowest BCUT2D eigenvalue weighted by atomic mass is 9.95. The molecule has 0 radical (unpaired) electrons. The summed E-state index contributed by atoms with van der Waals surface area (Å²) in [7, 11) is 0. The lowest BCUT2D eigenvalue weighted by Gasteiger charge is -2.27. The van der Waals surface area contributed by atoms with Crippen LogP contribution in [0, 0.1) is 18.8 Å². The van der Waals surface area contributed by atoms with Gasteiger partial charge in [0.2, 0.25) is 0 Å². The summed E-state index contributed by atoms with van der Waals surface area (Å²) in [6.07, 6.45) is 6.66. The van der Waals surface area contributed by atoms with Crippen molar-refractivity contribution in [2.24, 2.45) is 0 Å². The molecule has 0 bridgehead atoms. The third-order valence-corrected chi connectivity index (χ3v) is 6.05. The average molecular weight is 323 g/mol. The van der Waals surface area contributed by atoms with Crippen LogP contribution in [0.1, 0.15) is 45.8 Å². The first-order chi connectivity index (χ1) is 10.1. The lowest BCUT2D eigenvalue weighted by Crippen LogP contribution is -2.37. The van der Waals surface area contributed by atoms with Crippen LogP contribution in [-0.4, -0.2) is 35.2 Å². The molecular weight excluding hydrogens is 302 g/mol. The first-order valence-electron chi connectivity index (χ1n) is 7.18. The summed E-state index contributed by atoms with van der Waals surface area (Å²) in [6.45, 7) is 1.79. The predicted octanol–water partition coefficient (Wildman–Crippen LogP) is 2.80. The van der Waals surface area contributed by atoms with Gasteiger partial charge in [-0.15, -0.1) is 11.3 Å². The topological polar surface area (TPSA) is 49.3 Å². The van der Waals surface area contributed by atoms with Crippen LogP contribution in [0.25, 0.3) is 0 Å². The molecule has 1 saturated carbocycles. The van der Waals surface area contributed by atoms with E-state index in [0.29, 0.717) is 10.9 Å². The van der Waals surface area contributed by atoms with Gasteiger partial charge >= 0.3 is 0 Å². The van der Waals surface area contributed by atoms with Crippen LogP contribution in [0.3, 0.4) is 0 Å². The van der Waals surface area contributed by atoms with Crippen molar-refractivity contribution in [2.75, 3.05) is 12.9 Å². The van der Waals surface area contributed by atoms with Gasteiger partial charge in [-0.2, -0.15) is 11.8 Å². The Morgan fingerprint density at radius 1 is 1.48 bits per heavy atom. The fourth-order valence-corrected chi connectivity index (χ4v) is 4.23. The molecule has 0 spiro atoms. The number of carbonyl (C=O) groups excluding carboxylic acids is 1. The highest BCUT2D eigenvalue weighted by Gasteiger charge is 2.22. The van der Waals surface area contributed by atoms with E-state index in [2.05, 4.69) is 23.4 Å². The van der Waals surface area contributed by atoms with Crippen molar-refractivity contribution < 1.29 is 9.90 Å². The van der Waals surface area contributed by atoms with Crippen molar-refractivity contribution >= 4 is 29.0 Å². The molecule has 0 aliphatic heterocycles. The molecule has 0 unspecified atom stereocenters. The Bertz CT molecular complexity index is 548. The number of aryl methyl sites for hydroxylation is 1. The van der Waals surface area contributed by atoms with Crippen LogP contribution >= 0.6 is 23.1 Å². The molecule has 1 amide bonds. The molecule has 114 valence electrons. The van der Waals surface area contributed by atoms with Gasteiger partial charge in [-0.1, -0.05) is 11.8 Å². The van der Waals surface area contributed by atoms with Gasteiger partial charge in [-0.3, -0.25) is 4.79 Å². The average Bonchev–Trinajstić information content (AvgIpc) is 2.87. The predicted molar refractivity (Wildman–Crippen MR) is 90.0 cm³/mol. The summed E-state index contributed by atoms with van der Waals surface area (Å²) in [6, 6.07) is 2.19. The van der Waals surface area contributed by atoms with Gasteiger partial charge in [-0.05, 0) is 50.5 Å². The number of carbonyl (C=O) groups is 1. The second-order valence-electron chi connectivity index (χ2n) is 5.27. The molecule has 1 fully saturated rings. The lowest BCUT2D eigenvalue weighted by molar-refractivity contribution is 0.0932. The summed E-state index contributed by atoms with van der Waals surface area (Å²) in [4.78, 5) is 13.9. The molecular formula is C16H21NO2S2. The summed E-state index contributed by atoms with van der Waals surface area (Å²) in [5.41, 5.74) is 0.997. The standard InChI is InChI=1S/C16H21NO2S2/c1-11-10-15(21-14(11)4-3-9-18)16(19)17-12-5-7-13(20-2)8-6-12/h10,12-13,18H,5-9H2,1-2H3,(H,17,19). The third kappa shape index (κ3) is 4.50. The zero-order chi connectivity index (χ0) is 15.2. The Morgan fingerprint density at radius 2 is 2.19 bits per heavy atom. The van der Waals surface area contributed by atoms with Crippen molar-refractivity contribution in [2.45, 2.75) is 43.9 Å². The first kappa shape index (κ1) is 16.4. The number of hydrogen-bond donors (Lipinski definition) is 2. The molecule has 1 aliphatic carbocycles. The van der Waals surface area contributed by atoms with E-state index in [1.807, 2.05) is 24.8 Å². The monoisotopic (exact) mass is 323 g/mol. The van der Waals surface area contributed by atoms with E-state index in [1.165, 1.54) is 24.2 Å². The number of hydrogen-bond acceptors (Lipinski definition) is 4. The minimum Gasteiger partial charge on any atom is -0.384 e. The third-order valence-electron chi connectivity index (χ3n) is 3.77. The number of aliphatic hydroxyl groups excluding tert-OH is 1. The number of nitrogens with one attached hydrogen (secondary N) is 1. The fourth-order valence-electron chi connectivity index (χ4n) is 2.54. The molecule has 1 aromatic heterocycles. The van der Waals surface area contributed by atoms with E-state index < -0.39 is 0 Å². The summed E-state index contributed by atoms with van der Waals surface area (Å²) in [5.74, 6) is 5.53. The molecule has 21 heavy (non-hydrogen) atoms. The van der Waals surface area contributed by atoms with Crippen LogP contribution < -0.4 is 5.32 Å². The Balaban J connectivity index is 1.95. The number of thioether (sulfide) groups is 1. The Kier molecular flexibility index (Phi) is 6.16. The van der Waals surface area contributed by atoms with Gasteiger partial charge in [0.05, 0.1) is 9.75 Å². The van der Waals surface area contributed by atoms with E-state index in [1.54, 1.807) is 0 Å². The molecule has 2 N–H and O–H groups in total. The zero-order valence-corrected chi connectivity index (χ0v) is 14.1. The summed E-state index contributed by atoms with van der Waals surface area (Å²) in [5, 5.41) is 12.6. The molecule has 0 saturated heterocycles. The van der Waals surface area contributed by atoms with Crippen molar-refractivity contribution in [1.29, 1.82) is 0 Å². The SMILES string of the molecule is CSC1CCC(NC(=O)c2cc(C)c(C#CCO)s2)CC1. The molecule has 1 aliphatic rings. The largest absolute Gasteiger partial charge is 0.384 e. The molecule has 5 heteroatoms. The van der Waals surface area contributed by atoms with Gasteiger partial charge in [0.1, 0.15) is 6.61 Å². The quantitative estimate of drug-likeness (QED) is 0.841.